The number of phenols is 1. The third-order valence-corrected chi connectivity index (χ3v) is 4.73. The molecule has 3 rings (SSSR count). The molecule has 0 spiro atoms. The fourth-order valence-electron chi connectivity index (χ4n) is 2.28. The number of hydrogen-bond acceptors (Lipinski definition) is 6. The molecule has 2 aromatic rings. The van der Waals surface area contributed by atoms with Gasteiger partial charge >= 0.3 is 0 Å². The minimum atomic E-state index is 0.0292. The third kappa shape index (κ3) is 2.47. The Morgan fingerprint density at radius 1 is 1.40 bits per heavy atom. The maximum absolute atomic E-state index is 10.1. The van der Waals surface area contributed by atoms with E-state index in [1.807, 2.05) is 11.8 Å². The van der Waals surface area contributed by atoms with E-state index in [0.717, 1.165) is 12.2 Å². The van der Waals surface area contributed by atoms with Crippen LogP contribution in [0, 0.1) is 0 Å². The van der Waals surface area contributed by atoms with E-state index in [9.17, 15) is 5.11 Å². The first-order valence-electron chi connectivity index (χ1n) is 6.61. The molecule has 2 heterocycles. The predicted octanol–water partition coefficient (Wildman–Crippen LogP) is 3.41. The van der Waals surface area contributed by atoms with Gasteiger partial charge < -0.3 is 14.4 Å². The standard InChI is InChI=1S/C14H16N2O3S/c1-18-10-6-4-5-9(12(10)17)14-15-13(16-19-14)11-7-2-3-8-20-11/h4-6,11,17H,2-3,7-8H2,1H3. The number of phenolic OH excluding ortho intramolecular Hbond substituents is 1. The number of para-hydroxylation sites is 1. The average Bonchev–Trinajstić information content (AvgIpc) is 2.98. The van der Waals surface area contributed by atoms with Crippen LogP contribution in [0.15, 0.2) is 22.7 Å². The van der Waals surface area contributed by atoms with Crippen molar-refractivity contribution in [3.63, 3.8) is 0 Å². The van der Waals surface area contributed by atoms with E-state index in [2.05, 4.69) is 10.1 Å². The highest BCUT2D eigenvalue weighted by molar-refractivity contribution is 7.99. The topological polar surface area (TPSA) is 68.4 Å². The van der Waals surface area contributed by atoms with Crippen LogP contribution in [0.25, 0.3) is 11.5 Å². The lowest BCUT2D eigenvalue weighted by Crippen LogP contribution is -2.03. The van der Waals surface area contributed by atoms with Crippen LogP contribution in [0.5, 0.6) is 11.5 Å². The Balaban J connectivity index is 1.90. The summed E-state index contributed by atoms with van der Waals surface area (Å²) in [6, 6.07) is 5.21. The molecule has 0 saturated carbocycles. The molecule has 1 fully saturated rings. The fourth-order valence-corrected chi connectivity index (χ4v) is 3.51. The SMILES string of the molecule is COc1cccc(-c2nc(C3CCCCS3)no2)c1O. The van der Waals surface area contributed by atoms with Crippen LogP contribution >= 0.6 is 11.8 Å². The van der Waals surface area contributed by atoms with Gasteiger partial charge in [-0.05, 0) is 30.7 Å². The van der Waals surface area contributed by atoms with E-state index in [4.69, 9.17) is 9.26 Å². The van der Waals surface area contributed by atoms with Gasteiger partial charge in [0.1, 0.15) is 0 Å². The zero-order valence-corrected chi connectivity index (χ0v) is 12.0. The maximum atomic E-state index is 10.1. The lowest BCUT2D eigenvalue weighted by atomic mass is 10.1. The van der Waals surface area contributed by atoms with Crippen molar-refractivity contribution in [2.45, 2.75) is 24.5 Å². The van der Waals surface area contributed by atoms with Gasteiger partial charge in [0.05, 0.1) is 17.9 Å². The molecule has 0 bridgehead atoms. The third-order valence-electron chi connectivity index (χ3n) is 3.36. The van der Waals surface area contributed by atoms with Crippen LogP contribution in [-0.4, -0.2) is 28.1 Å². The molecule has 0 aliphatic carbocycles. The first kappa shape index (κ1) is 13.3. The summed E-state index contributed by atoms with van der Waals surface area (Å²) in [5.41, 5.74) is 0.504. The number of aromatic hydroxyl groups is 1. The smallest absolute Gasteiger partial charge is 0.261 e. The largest absolute Gasteiger partial charge is 0.504 e. The normalized spacial score (nSPS) is 18.9. The summed E-state index contributed by atoms with van der Waals surface area (Å²) < 4.78 is 10.4. The van der Waals surface area contributed by atoms with E-state index >= 15 is 0 Å². The summed E-state index contributed by atoms with van der Waals surface area (Å²) >= 11 is 1.86. The van der Waals surface area contributed by atoms with Gasteiger partial charge in [0.25, 0.3) is 5.89 Å². The van der Waals surface area contributed by atoms with Crippen molar-refractivity contribution < 1.29 is 14.4 Å². The number of ether oxygens (including phenoxy) is 1. The van der Waals surface area contributed by atoms with Crippen molar-refractivity contribution in [2.75, 3.05) is 12.9 Å². The summed E-state index contributed by atoms with van der Waals surface area (Å²) in [5.74, 6) is 2.61. The molecule has 1 aliphatic heterocycles. The van der Waals surface area contributed by atoms with Crippen LogP contribution in [0.2, 0.25) is 0 Å². The highest BCUT2D eigenvalue weighted by Crippen LogP contribution is 2.39. The number of rotatable bonds is 3. The summed E-state index contributed by atoms with van der Waals surface area (Å²) in [5, 5.41) is 14.5. The highest BCUT2D eigenvalue weighted by atomic mass is 32.2. The molecule has 106 valence electrons. The second-order valence-electron chi connectivity index (χ2n) is 4.67. The minimum absolute atomic E-state index is 0.0292. The van der Waals surface area contributed by atoms with Gasteiger partial charge in [0.2, 0.25) is 0 Å². The van der Waals surface area contributed by atoms with Crippen molar-refractivity contribution in [2.24, 2.45) is 0 Å². The van der Waals surface area contributed by atoms with Gasteiger partial charge in [-0.15, -0.1) is 0 Å². The Kier molecular flexibility index (Phi) is 3.82. The molecule has 1 unspecified atom stereocenters. The predicted molar refractivity (Wildman–Crippen MR) is 77.0 cm³/mol. The summed E-state index contributed by atoms with van der Waals surface area (Å²) in [7, 11) is 1.51. The molecular weight excluding hydrogens is 276 g/mol. The molecular formula is C14H16N2O3S. The van der Waals surface area contributed by atoms with Gasteiger partial charge in [-0.25, -0.2) is 0 Å². The Morgan fingerprint density at radius 2 is 2.30 bits per heavy atom. The number of aromatic nitrogens is 2. The number of nitrogens with zero attached hydrogens (tertiary/aromatic N) is 2. The molecule has 5 nitrogen and oxygen atoms in total. The van der Waals surface area contributed by atoms with Crippen LogP contribution in [0.4, 0.5) is 0 Å². The molecule has 0 radical (unpaired) electrons. The van der Waals surface area contributed by atoms with Gasteiger partial charge in [-0.3, -0.25) is 0 Å². The zero-order chi connectivity index (χ0) is 13.9. The van der Waals surface area contributed by atoms with E-state index < -0.39 is 0 Å². The monoisotopic (exact) mass is 292 g/mol. The molecule has 20 heavy (non-hydrogen) atoms. The first-order valence-corrected chi connectivity index (χ1v) is 7.66. The van der Waals surface area contributed by atoms with Crippen molar-refractivity contribution in [1.29, 1.82) is 0 Å². The van der Waals surface area contributed by atoms with Crippen LogP contribution in [0.3, 0.4) is 0 Å². The summed E-state index contributed by atoms with van der Waals surface area (Å²) in [4.78, 5) is 4.43. The van der Waals surface area contributed by atoms with Crippen molar-refractivity contribution in [1.82, 2.24) is 10.1 Å². The number of thioether (sulfide) groups is 1. The van der Waals surface area contributed by atoms with E-state index in [-0.39, 0.29) is 5.75 Å². The second-order valence-corrected chi connectivity index (χ2v) is 5.98. The van der Waals surface area contributed by atoms with Gasteiger partial charge in [0.15, 0.2) is 17.3 Å². The Hall–Kier alpha value is -1.69. The zero-order valence-electron chi connectivity index (χ0n) is 11.2. The van der Waals surface area contributed by atoms with E-state index in [1.165, 1.54) is 20.0 Å². The maximum Gasteiger partial charge on any atom is 0.261 e. The molecule has 1 aliphatic rings. The average molecular weight is 292 g/mol. The number of hydrogen-bond donors (Lipinski definition) is 1. The lowest BCUT2D eigenvalue weighted by molar-refractivity contribution is 0.371. The van der Waals surface area contributed by atoms with Crippen LogP contribution in [0.1, 0.15) is 30.3 Å². The summed E-state index contributed by atoms with van der Waals surface area (Å²) in [6.45, 7) is 0. The van der Waals surface area contributed by atoms with Gasteiger partial charge in [0, 0.05) is 0 Å². The molecule has 1 N–H and O–H groups in total. The Labute approximate surface area is 121 Å². The minimum Gasteiger partial charge on any atom is -0.504 e. The molecule has 1 saturated heterocycles. The Morgan fingerprint density at radius 3 is 3.05 bits per heavy atom. The quantitative estimate of drug-likeness (QED) is 0.935. The number of methoxy groups -OCH3 is 1. The van der Waals surface area contributed by atoms with E-state index in [0.29, 0.717) is 28.3 Å². The van der Waals surface area contributed by atoms with Crippen molar-refractivity contribution in [3.05, 3.63) is 24.0 Å². The van der Waals surface area contributed by atoms with E-state index in [1.54, 1.807) is 18.2 Å². The Bertz CT molecular complexity index is 594. The molecule has 1 aromatic carbocycles. The fraction of sp³-hybridized carbons (Fsp3) is 0.429. The highest BCUT2D eigenvalue weighted by Gasteiger charge is 2.23. The van der Waals surface area contributed by atoms with Gasteiger partial charge in [-0.1, -0.05) is 17.6 Å². The molecule has 0 amide bonds. The molecule has 6 heteroatoms. The molecule has 1 atom stereocenters. The summed E-state index contributed by atoms with van der Waals surface area (Å²) in [6.07, 6.45) is 3.53. The van der Waals surface area contributed by atoms with Crippen LogP contribution in [-0.2, 0) is 0 Å². The second kappa shape index (κ2) is 5.75. The van der Waals surface area contributed by atoms with Gasteiger partial charge in [-0.2, -0.15) is 16.7 Å². The number of benzene rings is 1. The first-order chi connectivity index (χ1) is 9.79. The molecule has 1 aromatic heterocycles. The van der Waals surface area contributed by atoms with Crippen molar-refractivity contribution in [3.8, 4) is 23.0 Å². The van der Waals surface area contributed by atoms with Crippen LogP contribution < -0.4 is 4.74 Å². The lowest BCUT2D eigenvalue weighted by Gasteiger charge is -2.17. The van der Waals surface area contributed by atoms with Crippen molar-refractivity contribution >= 4 is 11.8 Å².